The molecule has 7 nitrogen and oxygen atoms in total. The van der Waals surface area contributed by atoms with E-state index in [1.807, 2.05) is 24.3 Å². The first kappa shape index (κ1) is 33.3. The van der Waals surface area contributed by atoms with E-state index < -0.39 is 21.3 Å². The number of hydrogen-bond acceptors (Lipinski definition) is 7. The maximum Gasteiger partial charge on any atom is 0.334 e. The summed E-state index contributed by atoms with van der Waals surface area (Å²) in [4.78, 5) is 0. The third kappa shape index (κ3) is 13.7. The van der Waals surface area contributed by atoms with Crippen molar-refractivity contribution in [1.82, 2.24) is 0 Å². The number of ether oxygens (including phenoxy) is 1. The number of para-hydroxylation sites is 1. The second kappa shape index (κ2) is 19.4. The lowest BCUT2D eigenvalue weighted by Crippen LogP contribution is -2.28. The maximum atomic E-state index is 13.8. The molecule has 1 aromatic carbocycles. The first-order chi connectivity index (χ1) is 17.3. The Bertz CT molecular complexity index is 719. The molecule has 1 rings (SSSR count). The molecule has 0 N–H and O–H groups in total. The second-order valence-electron chi connectivity index (χ2n) is 9.04. The Labute approximate surface area is 220 Å². The van der Waals surface area contributed by atoms with Crippen LogP contribution in [-0.2, 0) is 33.6 Å². The summed E-state index contributed by atoms with van der Waals surface area (Å²) < 4.78 is 57.4. The van der Waals surface area contributed by atoms with E-state index in [0.29, 0.717) is 32.2 Å². The molecule has 1 aromatic rings. The Morgan fingerprint density at radius 3 is 1.39 bits per heavy atom. The van der Waals surface area contributed by atoms with Gasteiger partial charge in [0.25, 0.3) is 0 Å². The molecule has 0 aliphatic carbocycles. The van der Waals surface area contributed by atoms with Crippen LogP contribution in [0, 0.1) is 0 Å². The Morgan fingerprint density at radius 1 is 0.639 bits per heavy atom. The highest BCUT2D eigenvalue weighted by atomic mass is 31.2. The number of aryl methyl sites for hydroxylation is 1. The van der Waals surface area contributed by atoms with Crippen LogP contribution in [0.1, 0.15) is 91.5 Å². The van der Waals surface area contributed by atoms with E-state index >= 15 is 0 Å². The predicted molar refractivity (Wildman–Crippen MR) is 149 cm³/mol. The monoisotopic (exact) mass is 548 g/mol. The summed E-state index contributed by atoms with van der Waals surface area (Å²) in [7, 11) is -7.00. The van der Waals surface area contributed by atoms with Gasteiger partial charge in [0.1, 0.15) is 11.9 Å². The molecule has 210 valence electrons. The van der Waals surface area contributed by atoms with Gasteiger partial charge in [-0.25, -0.2) is 0 Å². The summed E-state index contributed by atoms with van der Waals surface area (Å²) in [6.45, 7) is 11.6. The van der Waals surface area contributed by atoms with Crippen LogP contribution in [-0.4, -0.2) is 44.9 Å². The van der Waals surface area contributed by atoms with Gasteiger partial charge in [-0.2, -0.15) is 0 Å². The van der Waals surface area contributed by atoms with Gasteiger partial charge >= 0.3 is 15.2 Å². The fourth-order valence-electron chi connectivity index (χ4n) is 3.40. The van der Waals surface area contributed by atoms with Gasteiger partial charge in [0, 0.05) is 0 Å². The summed E-state index contributed by atoms with van der Waals surface area (Å²) in [5.41, 5.74) is 1.02. The van der Waals surface area contributed by atoms with Gasteiger partial charge in [-0.3, -0.25) is 9.13 Å². The van der Waals surface area contributed by atoms with Crippen LogP contribution in [0.4, 0.5) is 0 Å². The van der Waals surface area contributed by atoms with Crippen LogP contribution in [0.2, 0.25) is 0 Å². The largest absolute Gasteiger partial charge is 0.489 e. The minimum absolute atomic E-state index is 0.0171. The molecule has 0 radical (unpaired) electrons. The highest BCUT2D eigenvalue weighted by molar-refractivity contribution is 7.55. The fraction of sp³-hybridized carbons (Fsp3) is 0.778. The molecule has 0 spiro atoms. The molecule has 0 aliphatic heterocycles. The lowest BCUT2D eigenvalue weighted by Gasteiger charge is -2.28. The van der Waals surface area contributed by atoms with Crippen molar-refractivity contribution >= 4 is 15.2 Å². The third-order valence-electron chi connectivity index (χ3n) is 5.65. The smallest absolute Gasteiger partial charge is 0.334 e. The van der Waals surface area contributed by atoms with Crippen LogP contribution in [0.3, 0.4) is 0 Å². The molecule has 0 saturated heterocycles. The van der Waals surface area contributed by atoms with Gasteiger partial charge in [-0.15, -0.1) is 0 Å². The van der Waals surface area contributed by atoms with Crippen LogP contribution >= 0.6 is 15.2 Å². The van der Waals surface area contributed by atoms with Crippen molar-refractivity contribution in [2.75, 3.05) is 38.8 Å². The maximum absolute atomic E-state index is 13.8. The van der Waals surface area contributed by atoms with Crippen molar-refractivity contribution < 1.29 is 32.0 Å². The highest BCUT2D eigenvalue weighted by Gasteiger charge is 2.37. The normalized spacial score (nSPS) is 12.4. The van der Waals surface area contributed by atoms with Gasteiger partial charge in [-0.1, -0.05) is 78.5 Å². The Hall–Kier alpha value is -0.680. The fourth-order valence-corrected chi connectivity index (χ4v) is 7.21. The van der Waals surface area contributed by atoms with E-state index in [0.717, 1.165) is 63.4 Å². The molecule has 0 atom stereocenters. The number of rotatable bonds is 23. The molecule has 9 heteroatoms. The molecule has 36 heavy (non-hydrogen) atoms. The van der Waals surface area contributed by atoms with Gasteiger partial charge in [0.05, 0.1) is 38.8 Å². The molecule has 0 aromatic heterocycles. The van der Waals surface area contributed by atoms with Crippen LogP contribution in [0.15, 0.2) is 24.3 Å². The molecular formula is C27H50O7P2. The molecule has 0 aliphatic rings. The van der Waals surface area contributed by atoms with Crippen LogP contribution < -0.4 is 4.74 Å². The number of benzene rings is 1. The van der Waals surface area contributed by atoms with Crippen LogP contribution in [0.25, 0.3) is 0 Å². The molecule has 0 unspecified atom stereocenters. The summed E-state index contributed by atoms with van der Waals surface area (Å²) >= 11 is 0. The molecule has 0 bridgehead atoms. The topological polar surface area (TPSA) is 80.3 Å². The van der Waals surface area contributed by atoms with Gasteiger partial charge in [0.2, 0.25) is 0 Å². The van der Waals surface area contributed by atoms with Crippen molar-refractivity contribution in [3.63, 3.8) is 0 Å². The van der Waals surface area contributed by atoms with Gasteiger partial charge < -0.3 is 22.8 Å². The lowest BCUT2D eigenvalue weighted by atomic mass is 10.1. The predicted octanol–water partition coefficient (Wildman–Crippen LogP) is 8.65. The first-order valence-corrected chi connectivity index (χ1v) is 17.3. The van der Waals surface area contributed by atoms with Crippen molar-refractivity contribution in [2.45, 2.75) is 98.5 Å². The van der Waals surface area contributed by atoms with E-state index in [4.69, 9.17) is 22.8 Å². The summed E-state index contributed by atoms with van der Waals surface area (Å²) in [5, 5.41) is 0. The van der Waals surface area contributed by atoms with E-state index in [1.165, 1.54) is 0 Å². The zero-order valence-electron chi connectivity index (χ0n) is 23.2. The number of unbranched alkanes of at least 4 members (excludes halogenated alkanes) is 4. The minimum Gasteiger partial charge on any atom is -0.489 e. The van der Waals surface area contributed by atoms with E-state index in [2.05, 4.69) is 34.6 Å². The standard InChI is InChI=1S/C27H50O7P2/c1-6-11-19-30-35(28,31-20-12-7-2)23-26(34-27-18-16-15-17-25(27)10-5)24-36(29,32-21-13-8-3)33-22-14-9-4/h15-18,26H,6-14,19-24H2,1-5H3. The summed E-state index contributed by atoms with van der Waals surface area (Å²) in [5.74, 6) is 0.673. The highest BCUT2D eigenvalue weighted by Crippen LogP contribution is 2.54. The van der Waals surface area contributed by atoms with E-state index in [9.17, 15) is 9.13 Å². The lowest BCUT2D eigenvalue weighted by molar-refractivity contribution is 0.166. The molecule has 0 saturated carbocycles. The van der Waals surface area contributed by atoms with Crippen LogP contribution in [0.5, 0.6) is 5.75 Å². The molecule has 0 amide bonds. The summed E-state index contributed by atoms with van der Waals surface area (Å²) in [6, 6.07) is 7.74. The Kier molecular flexibility index (Phi) is 18.0. The van der Waals surface area contributed by atoms with E-state index in [1.54, 1.807) is 0 Å². The zero-order chi connectivity index (χ0) is 26.7. The van der Waals surface area contributed by atoms with Gasteiger partial charge in [0.15, 0.2) is 0 Å². The van der Waals surface area contributed by atoms with Crippen molar-refractivity contribution in [1.29, 1.82) is 0 Å². The minimum atomic E-state index is -3.50. The van der Waals surface area contributed by atoms with Crippen molar-refractivity contribution in [3.8, 4) is 5.75 Å². The average molecular weight is 549 g/mol. The zero-order valence-corrected chi connectivity index (χ0v) is 25.0. The molecule has 0 fully saturated rings. The second-order valence-corrected chi connectivity index (χ2v) is 13.2. The summed E-state index contributed by atoms with van der Waals surface area (Å²) in [6.07, 6.45) is 6.83. The third-order valence-corrected chi connectivity index (χ3v) is 9.66. The van der Waals surface area contributed by atoms with Crippen molar-refractivity contribution in [3.05, 3.63) is 29.8 Å². The van der Waals surface area contributed by atoms with E-state index in [-0.39, 0.29) is 12.3 Å². The molecular weight excluding hydrogens is 498 g/mol. The first-order valence-electron chi connectivity index (χ1n) is 13.9. The number of hydrogen-bond donors (Lipinski definition) is 0. The van der Waals surface area contributed by atoms with Crippen molar-refractivity contribution in [2.24, 2.45) is 0 Å². The quantitative estimate of drug-likeness (QED) is 0.1000. The average Bonchev–Trinajstić information content (AvgIpc) is 2.85. The molecule has 0 heterocycles. The Balaban J connectivity index is 3.23. The van der Waals surface area contributed by atoms with Gasteiger partial charge in [-0.05, 0) is 43.7 Å². The Morgan fingerprint density at radius 2 is 1.03 bits per heavy atom. The SMILES string of the molecule is CCCCOP(=O)(CC(CP(=O)(OCCCC)OCCCC)Oc1ccccc1CC)OCCCC.